The van der Waals surface area contributed by atoms with Crippen LogP contribution in [0, 0.1) is 0 Å². The molecule has 0 atom stereocenters. The molecule has 19 heavy (non-hydrogen) atoms. The van der Waals surface area contributed by atoms with Gasteiger partial charge in [0.25, 0.3) is 5.56 Å². The first-order chi connectivity index (χ1) is 9.15. The Morgan fingerprint density at radius 1 is 1.42 bits per heavy atom. The number of thiophene rings is 1. The molecule has 5 nitrogen and oxygen atoms in total. The number of carboxylic acids is 1. The minimum Gasteiger partial charge on any atom is -0.549 e. The zero-order valence-corrected chi connectivity index (χ0v) is 11.7. The molecule has 0 aromatic carbocycles. The van der Waals surface area contributed by atoms with Gasteiger partial charge in [0.1, 0.15) is 4.83 Å². The molecular formula is C12H11N2O3S2-. The number of hydrogen-bond acceptors (Lipinski definition) is 6. The molecule has 100 valence electrons. The maximum atomic E-state index is 12.1. The highest BCUT2D eigenvalue weighted by molar-refractivity contribution is 7.99. The second-order valence-corrected chi connectivity index (χ2v) is 6.47. The van der Waals surface area contributed by atoms with Crippen LogP contribution >= 0.6 is 23.1 Å². The summed E-state index contributed by atoms with van der Waals surface area (Å²) in [7, 11) is 0. The van der Waals surface area contributed by atoms with Gasteiger partial charge in [0.05, 0.1) is 11.4 Å². The molecule has 0 amide bonds. The van der Waals surface area contributed by atoms with E-state index in [1.54, 1.807) is 11.3 Å². The monoisotopic (exact) mass is 295 g/mol. The Morgan fingerprint density at radius 2 is 2.21 bits per heavy atom. The number of carbonyl (C=O) groups excluding carboxylic acids is 1. The van der Waals surface area contributed by atoms with Crippen molar-refractivity contribution in [3.63, 3.8) is 0 Å². The number of aryl methyl sites for hydroxylation is 2. The Hall–Kier alpha value is -1.34. The van der Waals surface area contributed by atoms with E-state index in [-0.39, 0.29) is 11.3 Å². The summed E-state index contributed by atoms with van der Waals surface area (Å²) in [6.45, 7) is 0. The molecule has 2 aromatic heterocycles. The van der Waals surface area contributed by atoms with Crippen LogP contribution in [0.2, 0.25) is 0 Å². The molecule has 0 aliphatic heterocycles. The van der Waals surface area contributed by atoms with Gasteiger partial charge in [-0.15, -0.1) is 11.3 Å². The smallest absolute Gasteiger partial charge is 0.260 e. The van der Waals surface area contributed by atoms with E-state index in [2.05, 4.69) is 9.97 Å². The largest absolute Gasteiger partial charge is 0.549 e. The molecule has 7 heteroatoms. The molecule has 0 radical (unpaired) electrons. The Kier molecular flexibility index (Phi) is 3.32. The van der Waals surface area contributed by atoms with Gasteiger partial charge in [-0.2, -0.15) is 0 Å². The van der Waals surface area contributed by atoms with E-state index in [4.69, 9.17) is 0 Å². The minimum atomic E-state index is -1.17. The van der Waals surface area contributed by atoms with Gasteiger partial charge in [0.2, 0.25) is 0 Å². The number of carbonyl (C=O) groups is 1. The number of H-pyrrole nitrogens is 1. The third-order valence-electron chi connectivity index (χ3n) is 3.13. The molecular weight excluding hydrogens is 284 g/mol. The average molecular weight is 295 g/mol. The molecule has 3 rings (SSSR count). The lowest BCUT2D eigenvalue weighted by atomic mass is 9.97. The fourth-order valence-electron chi connectivity index (χ4n) is 2.34. The van der Waals surface area contributed by atoms with Gasteiger partial charge in [-0.25, -0.2) is 4.98 Å². The predicted octanol–water partition coefficient (Wildman–Crippen LogP) is 0.705. The number of carboxylic acid groups (broad SMARTS) is 1. The SMILES string of the molecule is O=C([O-])CSc1nc2sc3c(c2c(=O)[nH]1)CCCC3. The van der Waals surface area contributed by atoms with Gasteiger partial charge in [0, 0.05) is 10.6 Å². The van der Waals surface area contributed by atoms with Crippen molar-refractivity contribution in [2.45, 2.75) is 30.8 Å². The summed E-state index contributed by atoms with van der Waals surface area (Å²) in [4.78, 5) is 31.5. The van der Waals surface area contributed by atoms with E-state index in [1.165, 1.54) is 4.88 Å². The third kappa shape index (κ3) is 2.40. The van der Waals surface area contributed by atoms with E-state index >= 15 is 0 Å². The predicted molar refractivity (Wildman–Crippen MR) is 72.6 cm³/mol. The Bertz CT molecular complexity index is 705. The number of aromatic nitrogens is 2. The number of nitrogens with zero attached hydrogens (tertiary/aromatic N) is 1. The first-order valence-corrected chi connectivity index (χ1v) is 7.82. The zero-order chi connectivity index (χ0) is 13.4. The second kappa shape index (κ2) is 4.97. The van der Waals surface area contributed by atoms with Crippen LogP contribution in [0.15, 0.2) is 9.95 Å². The molecule has 0 saturated heterocycles. The molecule has 2 aromatic rings. The van der Waals surface area contributed by atoms with Gasteiger partial charge >= 0.3 is 0 Å². The number of fused-ring (bicyclic) bond motifs is 3. The van der Waals surface area contributed by atoms with Crippen LogP contribution < -0.4 is 10.7 Å². The van der Waals surface area contributed by atoms with Crippen molar-refractivity contribution in [2.75, 3.05) is 5.75 Å². The lowest BCUT2D eigenvalue weighted by Gasteiger charge is -2.09. The molecule has 0 bridgehead atoms. The fourth-order valence-corrected chi connectivity index (χ4v) is 4.23. The Balaban J connectivity index is 2.06. The number of aliphatic carboxylic acids is 1. The van der Waals surface area contributed by atoms with Crippen LogP contribution in [0.25, 0.3) is 10.2 Å². The first-order valence-electron chi connectivity index (χ1n) is 6.02. The molecule has 0 fully saturated rings. The molecule has 2 heterocycles. The maximum Gasteiger partial charge on any atom is 0.260 e. The summed E-state index contributed by atoms with van der Waals surface area (Å²) < 4.78 is 0. The lowest BCUT2D eigenvalue weighted by Crippen LogP contribution is -2.24. The summed E-state index contributed by atoms with van der Waals surface area (Å²) in [5.74, 6) is -1.38. The van der Waals surface area contributed by atoms with Crippen LogP contribution in [0.5, 0.6) is 0 Å². The van der Waals surface area contributed by atoms with E-state index in [1.807, 2.05) is 0 Å². The topological polar surface area (TPSA) is 85.9 Å². The van der Waals surface area contributed by atoms with Gasteiger partial charge in [0.15, 0.2) is 5.16 Å². The Morgan fingerprint density at radius 3 is 3.00 bits per heavy atom. The molecule has 1 aliphatic carbocycles. The molecule has 0 saturated carbocycles. The summed E-state index contributed by atoms with van der Waals surface area (Å²) in [6.07, 6.45) is 4.21. The van der Waals surface area contributed by atoms with Crippen molar-refractivity contribution in [3.05, 3.63) is 20.8 Å². The van der Waals surface area contributed by atoms with E-state index < -0.39 is 5.97 Å². The zero-order valence-electron chi connectivity index (χ0n) is 10.0. The number of rotatable bonds is 3. The first kappa shape index (κ1) is 12.7. The molecule has 1 aliphatic rings. The van der Waals surface area contributed by atoms with Gasteiger partial charge in [-0.1, -0.05) is 11.8 Å². The Labute approximate surface area is 117 Å². The molecule has 0 unspecified atom stereocenters. The third-order valence-corrected chi connectivity index (χ3v) is 5.16. The lowest BCUT2D eigenvalue weighted by molar-refractivity contribution is -0.301. The van der Waals surface area contributed by atoms with Gasteiger partial charge in [-0.05, 0) is 31.2 Å². The average Bonchev–Trinajstić information content (AvgIpc) is 2.74. The van der Waals surface area contributed by atoms with Crippen molar-refractivity contribution in [2.24, 2.45) is 0 Å². The van der Waals surface area contributed by atoms with E-state index in [0.29, 0.717) is 10.5 Å². The van der Waals surface area contributed by atoms with Crippen molar-refractivity contribution >= 4 is 39.3 Å². The fraction of sp³-hybridized carbons (Fsp3) is 0.417. The van der Waals surface area contributed by atoms with Gasteiger partial charge < -0.3 is 14.9 Å². The molecule has 0 spiro atoms. The standard InChI is InChI=1S/C12H12N2O3S2/c15-8(16)5-18-12-13-10(17)9-6-3-1-2-4-7(6)19-11(9)14-12/h1-5H2,(H,15,16)(H,13,14,17)/p-1. The molecule has 1 N–H and O–H groups in total. The summed E-state index contributed by atoms with van der Waals surface area (Å²) in [5.41, 5.74) is 0.974. The number of thioether (sulfide) groups is 1. The van der Waals surface area contributed by atoms with Crippen molar-refractivity contribution in [1.82, 2.24) is 9.97 Å². The quantitative estimate of drug-likeness (QED) is 0.665. The highest BCUT2D eigenvalue weighted by Crippen LogP contribution is 2.34. The van der Waals surface area contributed by atoms with E-state index in [9.17, 15) is 14.7 Å². The number of nitrogens with one attached hydrogen (secondary N) is 1. The van der Waals surface area contributed by atoms with Gasteiger partial charge in [-0.3, -0.25) is 4.79 Å². The van der Waals surface area contributed by atoms with E-state index in [0.717, 1.165) is 47.8 Å². The normalized spacial score (nSPS) is 14.5. The second-order valence-electron chi connectivity index (χ2n) is 4.42. The summed E-state index contributed by atoms with van der Waals surface area (Å²) in [6, 6.07) is 0. The number of aromatic amines is 1. The van der Waals surface area contributed by atoms with Crippen LogP contribution in [0.4, 0.5) is 0 Å². The summed E-state index contributed by atoms with van der Waals surface area (Å²) in [5, 5.41) is 11.5. The number of hydrogen-bond donors (Lipinski definition) is 1. The van der Waals surface area contributed by atoms with Crippen molar-refractivity contribution in [1.29, 1.82) is 0 Å². The van der Waals surface area contributed by atoms with Crippen molar-refractivity contribution < 1.29 is 9.90 Å². The highest BCUT2D eigenvalue weighted by Gasteiger charge is 2.19. The van der Waals surface area contributed by atoms with Crippen molar-refractivity contribution in [3.8, 4) is 0 Å². The van der Waals surface area contributed by atoms with Crippen LogP contribution in [-0.4, -0.2) is 21.7 Å². The summed E-state index contributed by atoms with van der Waals surface area (Å²) >= 11 is 2.54. The maximum absolute atomic E-state index is 12.1. The minimum absolute atomic E-state index is 0.162. The highest BCUT2D eigenvalue weighted by atomic mass is 32.2. The van der Waals surface area contributed by atoms with Crippen LogP contribution in [0.3, 0.4) is 0 Å². The van der Waals surface area contributed by atoms with Crippen LogP contribution in [-0.2, 0) is 17.6 Å². The van der Waals surface area contributed by atoms with Crippen LogP contribution in [0.1, 0.15) is 23.3 Å².